The smallest absolute Gasteiger partial charge is 0.284 e. The van der Waals surface area contributed by atoms with Crippen LogP contribution in [0.1, 0.15) is 36.7 Å². The molecule has 2 N–H and O–H groups in total. The summed E-state index contributed by atoms with van der Waals surface area (Å²) in [6.45, 7) is 7.52. The molecule has 0 saturated carbocycles. The van der Waals surface area contributed by atoms with E-state index in [2.05, 4.69) is 41.0 Å². The number of carbonyl (C=O) groups is 1. The Morgan fingerprint density at radius 2 is 2.00 bits per heavy atom. The van der Waals surface area contributed by atoms with E-state index >= 15 is 0 Å². The molecule has 0 radical (unpaired) electrons. The Morgan fingerprint density at radius 1 is 1.20 bits per heavy atom. The molecule has 1 fully saturated rings. The minimum Gasteiger partial charge on any atom is -0.451 e. The maximum atomic E-state index is 11.2. The Bertz CT molecular complexity index is 742. The molecule has 1 saturated heterocycles. The lowest BCUT2D eigenvalue weighted by Crippen LogP contribution is -2.46. The summed E-state index contributed by atoms with van der Waals surface area (Å²) in [5.41, 5.74) is 7.17. The minimum atomic E-state index is -0.527. The molecule has 5 nitrogen and oxygen atoms in total. The first-order valence-electron chi connectivity index (χ1n) is 9.09. The van der Waals surface area contributed by atoms with Gasteiger partial charge in [-0.3, -0.25) is 9.69 Å². The summed E-state index contributed by atoms with van der Waals surface area (Å²) in [6.07, 6.45) is 8.09. The molecule has 1 amide bonds. The number of anilines is 1. The summed E-state index contributed by atoms with van der Waals surface area (Å²) in [4.78, 5) is 16.2. The SMILES string of the molecule is C/C=C/CCCCN1CCN(c2ccc3oc(C(N)=O)cc3c2)CC1. The van der Waals surface area contributed by atoms with Gasteiger partial charge in [0.15, 0.2) is 5.76 Å². The number of furan rings is 1. The maximum absolute atomic E-state index is 11.2. The van der Waals surface area contributed by atoms with Crippen molar-refractivity contribution < 1.29 is 9.21 Å². The van der Waals surface area contributed by atoms with Crippen LogP contribution in [0.2, 0.25) is 0 Å². The first-order chi connectivity index (χ1) is 12.2. The van der Waals surface area contributed by atoms with Crippen molar-refractivity contribution >= 4 is 22.6 Å². The molecule has 25 heavy (non-hydrogen) atoms. The van der Waals surface area contributed by atoms with Crippen LogP contribution in [0.3, 0.4) is 0 Å². The molecule has 2 aromatic rings. The average Bonchev–Trinajstić information content (AvgIpc) is 3.06. The standard InChI is InChI=1S/C20H27N3O2/c1-2-3-4-5-6-9-22-10-12-23(13-11-22)17-7-8-18-16(14-17)15-19(25-18)20(21)24/h2-3,7-8,14-15H,4-6,9-13H2,1H3,(H2,21,24)/b3-2+. The lowest BCUT2D eigenvalue weighted by atomic mass is 10.2. The third-order valence-electron chi connectivity index (χ3n) is 4.81. The van der Waals surface area contributed by atoms with E-state index in [0.717, 1.165) is 31.6 Å². The molecule has 134 valence electrons. The molecule has 0 spiro atoms. The summed E-state index contributed by atoms with van der Waals surface area (Å²) in [5, 5.41) is 0.928. The fraction of sp³-hybridized carbons (Fsp3) is 0.450. The molecule has 1 aliphatic heterocycles. The number of nitrogens with two attached hydrogens (primary N) is 1. The number of carbonyl (C=O) groups excluding carboxylic acids is 1. The van der Waals surface area contributed by atoms with Crippen LogP contribution in [0.15, 0.2) is 40.8 Å². The van der Waals surface area contributed by atoms with E-state index in [0.29, 0.717) is 5.58 Å². The van der Waals surface area contributed by atoms with Crippen molar-refractivity contribution in [3.8, 4) is 0 Å². The molecule has 0 unspecified atom stereocenters. The summed E-state index contributed by atoms with van der Waals surface area (Å²) >= 11 is 0. The van der Waals surface area contributed by atoms with Crippen molar-refractivity contribution in [2.24, 2.45) is 5.73 Å². The fourth-order valence-electron chi connectivity index (χ4n) is 3.34. The molecule has 2 heterocycles. The van der Waals surface area contributed by atoms with E-state index < -0.39 is 5.91 Å². The number of nitrogens with zero attached hydrogens (tertiary/aromatic N) is 2. The Hall–Kier alpha value is -2.27. The lowest BCUT2D eigenvalue weighted by Gasteiger charge is -2.36. The summed E-state index contributed by atoms with van der Waals surface area (Å²) in [6, 6.07) is 7.79. The van der Waals surface area contributed by atoms with Crippen molar-refractivity contribution in [3.63, 3.8) is 0 Å². The van der Waals surface area contributed by atoms with E-state index in [1.807, 2.05) is 6.07 Å². The predicted octanol–water partition coefficient (Wildman–Crippen LogP) is 3.40. The molecule has 1 aromatic carbocycles. The van der Waals surface area contributed by atoms with Crippen LogP contribution in [0.5, 0.6) is 0 Å². The number of hydrogen-bond donors (Lipinski definition) is 1. The normalized spacial score (nSPS) is 16.1. The van der Waals surface area contributed by atoms with Crippen LogP contribution in [0.25, 0.3) is 11.0 Å². The van der Waals surface area contributed by atoms with Gasteiger partial charge in [0.25, 0.3) is 5.91 Å². The van der Waals surface area contributed by atoms with Crippen molar-refractivity contribution in [1.29, 1.82) is 0 Å². The van der Waals surface area contributed by atoms with Gasteiger partial charge < -0.3 is 15.1 Å². The quantitative estimate of drug-likeness (QED) is 0.619. The number of primary amides is 1. The molecule has 1 aromatic heterocycles. The molecule has 0 aliphatic carbocycles. The van der Waals surface area contributed by atoms with Crippen LogP contribution in [0.4, 0.5) is 5.69 Å². The molecular weight excluding hydrogens is 314 g/mol. The van der Waals surface area contributed by atoms with Gasteiger partial charge in [0, 0.05) is 37.3 Å². The fourth-order valence-corrected chi connectivity index (χ4v) is 3.34. The number of unbranched alkanes of at least 4 members (excludes halogenated alkanes) is 2. The molecule has 1 aliphatic rings. The molecule has 0 atom stereocenters. The van der Waals surface area contributed by atoms with Crippen LogP contribution >= 0.6 is 0 Å². The van der Waals surface area contributed by atoms with Crippen LogP contribution in [-0.4, -0.2) is 43.5 Å². The molecule has 3 rings (SSSR count). The zero-order chi connectivity index (χ0) is 17.6. The van der Waals surface area contributed by atoms with Crippen molar-refractivity contribution in [3.05, 3.63) is 42.2 Å². The van der Waals surface area contributed by atoms with E-state index in [1.165, 1.54) is 31.5 Å². The number of benzene rings is 1. The van der Waals surface area contributed by atoms with Gasteiger partial charge in [-0.15, -0.1) is 0 Å². The van der Waals surface area contributed by atoms with Crippen LogP contribution < -0.4 is 10.6 Å². The maximum Gasteiger partial charge on any atom is 0.284 e. The number of amides is 1. The molecular formula is C20H27N3O2. The summed E-state index contributed by atoms with van der Waals surface area (Å²) in [5.74, 6) is -0.310. The second-order valence-electron chi connectivity index (χ2n) is 6.59. The Morgan fingerprint density at radius 3 is 2.72 bits per heavy atom. The summed E-state index contributed by atoms with van der Waals surface area (Å²) in [7, 11) is 0. The predicted molar refractivity (Wildman–Crippen MR) is 102 cm³/mol. The van der Waals surface area contributed by atoms with Gasteiger partial charge in [-0.05, 0) is 57.0 Å². The zero-order valence-corrected chi connectivity index (χ0v) is 14.9. The highest BCUT2D eigenvalue weighted by Gasteiger charge is 2.18. The first-order valence-corrected chi connectivity index (χ1v) is 9.09. The van der Waals surface area contributed by atoms with Crippen molar-refractivity contribution in [1.82, 2.24) is 4.90 Å². The van der Waals surface area contributed by atoms with E-state index in [-0.39, 0.29) is 5.76 Å². The third-order valence-corrected chi connectivity index (χ3v) is 4.81. The van der Waals surface area contributed by atoms with E-state index in [4.69, 9.17) is 10.2 Å². The first kappa shape index (κ1) is 17.5. The highest BCUT2D eigenvalue weighted by molar-refractivity contribution is 5.95. The summed E-state index contributed by atoms with van der Waals surface area (Å²) < 4.78 is 5.45. The number of hydrogen-bond acceptors (Lipinski definition) is 4. The van der Waals surface area contributed by atoms with E-state index in [1.54, 1.807) is 6.07 Å². The zero-order valence-electron chi connectivity index (χ0n) is 14.9. The van der Waals surface area contributed by atoms with E-state index in [9.17, 15) is 4.79 Å². The molecule has 5 heteroatoms. The second-order valence-corrected chi connectivity index (χ2v) is 6.59. The Balaban J connectivity index is 1.54. The third kappa shape index (κ3) is 4.42. The van der Waals surface area contributed by atoms with Gasteiger partial charge in [-0.1, -0.05) is 12.2 Å². The molecule has 0 bridgehead atoms. The van der Waals surface area contributed by atoms with Gasteiger partial charge in [0.1, 0.15) is 5.58 Å². The average molecular weight is 341 g/mol. The van der Waals surface area contributed by atoms with Gasteiger partial charge in [0.2, 0.25) is 0 Å². The largest absolute Gasteiger partial charge is 0.451 e. The van der Waals surface area contributed by atoms with Crippen LogP contribution in [-0.2, 0) is 0 Å². The van der Waals surface area contributed by atoms with Crippen molar-refractivity contribution in [2.45, 2.75) is 26.2 Å². The topological polar surface area (TPSA) is 62.7 Å². The highest BCUT2D eigenvalue weighted by atomic mass is 16.3. The number of fused-ring (bicyclic) bond motifs is 1. The van der Waals surface area contributed by atoms with Gasteiger partial charge in [-0.2, -0.15) is 0 Å². The van der Waals surface area contributed by atoms with Crippen molar-refractivity contribution in [2.75, 3.05) is 37.6 Å². The monoisotopic (exact) mass is 341 g/mol. The Labute approximate surface area is 149 Å². The second kappa shape index (κ2) is 8.21. The lowest BCUT2D eigenvalue weighted by molar-refractivity contribution is 0.0976. The number of allylic oxidation sites excluding steroid dienone is 2. The van der Waals surface area contributed by atoms with Crippen LogP contribution in [0, 0.1) is 0 Å². The van der Waals surface area contributed by atoms with Gasteiger partial charge in [0.05, 0.1) is 0 Å². The highest BCUT2D eigenvalue weighted by Crippen LogP contribution is 2.26. The number of rotatable bonds is 7. The van der Waals surface area contributed by atoms with Gasteiger partial charge in [-0.25, -0.2) is 0 Å². The van der Waals surface area contributed by atoms with Gasteiger partial charge >= 0.3 is 0 Å². The Kier molecular flexibility index (Phi) is 5.76. The minimum absolute atomic E-state index is 0.217. The number of piperazine rings is 1.